The number of hydrogen-bond acceptors (Lipinski definition) is 7. The van der Waals surface area contributed by atoms with Crippen LogP contribution in [0.5, 0.6) is 0 Å². The molecule has 0 atom stereocenters. The van der Waals surface area contributed by atoms with Crippen molar-refractivity contribution in [1.82, 2.24) is 29.7 Å². The largest absolute Gasteiger partial charge is 0.327 e. The van der Waals surface area contributed by atoms with Gasteiger partial charge < -0.3 is 4.98 Å². The molecule has 0 aliphatic heterocycles. The Morgan fingerprint density at radius 2 is 1.83 bits per heavy atom. The van der Waals surface area contributed by atoms with Gasteiger partial charge in [-0.3, -0.25) is 28.9 Å². The minimum absolute atomic E-state index is 0.0279. The normalized spacial score (nSPS) is 11.1. The van der Waals surface area contributed by atoms with Crippen molar-refractivity contribution in [2.45, 2.75) is 5.16 Å². The average molecular weight is 449 g/mol. The summed E-state index contributed by atoms with van der Waals surface area (Å²) in [4.78, 5) is 54.9. The summed E-state index contributed by atoms with van der Waals surface area (Å²) in [6, 6.07) is 6.32. The number of carbonyl (C=O) groups excluding carboxylic acids is 1. The topological polar surface area (TPSA) is 146 Å². The van der Waals surface area contributed by atoms with Gasteiger partial charge in [-0.15, -0.1) is 21.8 Å². The van der Waals surface area contributed by atoms with Gasteiger partial charge in [0.2, 0.25) is 15.8 Å². The third-order valence-corrected chi connectivity index (χ3v) is 5.23. The molecule has 0 spiro atoms. The molecule has 0 bridgehead atoms. The predicted octanol–water partition coefficient (Wildman–Crippen LogP) is 1.15. The van der Waals surface area contributed by atoms with Gasteiger partial charge in [0.05, 0.1) is 11.3 Å². The van der Waals surface area contributed by atoms with Gasteiger partial charge in [-0.2, -0.15) is 0 Å². The molecule has 0 saturated carbocycles. The average Bonchev–Trinajstić information content (AvgIpc) is 3.10. The highest BCUT2D eigenvalue weighted by Crippen LogP contribution is 2.30. The number of fused-ring (bicyclic) bond motifs is 1. The molecule has 4 aromatic rings. The van der Waals surface area contributed by atoms with Crippen molar-refractivity contribution >= 4 is 39.5 Å². The maximum atomic E-state index is 13.4. The molecule has 0 aliphatic rings. The molecule has 13 heteroatoms. The molecular weight excluding hydrogens is 439 g/mol. The van der Waals surface area contributed by atoms with Gasteiger partial charge >= 0.3 is 5.69 Å². The first-order valence-electron chi connectivity index (χ1n) is 8.25. The first kappa shape index (κ1) is 19.8. The smallest absolute Gasteiger partial charge is 0.308 e. The predicted molar refractivity (Wildman–Crippen MR) is 108 cm³/mol. The van der Waals surface area contributed by atoms with Crippen LogP contribution in [0, 0.1) is 5.82 Å². The zero-order valence-corrected chi connectivity index (χ0v) is 16.3. The van der Waals surface area contributed by atoms with Crippen LogP contribution in [0.15, 0.2) is 49.9 Å². The Labute approximate surface area is 174 Å². The molecule has 3 aromatic heterocycles. The van der Waals surface area contributed by atoms with Crippen LogP contribution in [0.25, 0.3) is 28.1 Å². The van der Waals surface area contributed by atoms with Gasteiger partial charge in [0, 0.05) is 17.3 Å². The van der Waals surface area contributed by atoms with E-state index in [1.165, 1.54) is 28.8 Å². The maximum absolute atomic E-state index is 13.4. The molecule has 0 fully saturated rings. The number of halogens is 2. The number of pyridine rings is 1. The Morgan fingerprint density at radius 3 is 2.53 bits per heavy atom. The fourth-order valence-electron chi connectivity index (χ4n) is 2.84. The lowest BCUT2D eigenvalue weighted by Crippen LogP contribution is -2.25. The van der Waals surface area contributed by atoms with E-state index in [4.69, 9.17) is 11.6 Å². The van der Waals surface area contributed by atoms with Crippen molar-refractivity contribution in [2.24, 2.45) is 0 Å². The lowest BCUT2D eigenvalue weighted by atomic mass is 10.1. The van der Waals surface area contributed by atoms with Gasteiger partial charge in [-0.1, -0.05) is 0 Å². The van der Waals surface area contributed by atoms with E-state index in [2.05, 4.69) is 25.1 Å². The maximum Gasteiger partial charge on any atom is 0.327 e. The summed E-state index contributed by atoms with van der Waals surface area (Å²) in [5.41, 5.74) is -1.86. The molecule has 0 aliphatic carbocycles. The summed E-state index contributed by atoms with van der Waals surface area (Å²) in [5.74, 6) is -0.749. The molecule has 30 heavy (non-hydrogen) atoms. The highest BCUT2D eigenvalue weighted by molar-refractivity contribution is 8.13. The summed E-state index contributed by atoms with van der Waals surface area (Å²) >= 11 is 6.27. The number of nitrogens with one attached hydrogen (secondary N) is 3. The van der Waals surface area contributed by atoms with Gasteiger partial charge in [0.1, 0.15) is 11.5 Å². The lowest BCUT2D eigenvalue weighted by molar-refractivity contribution is -0.108. The molecule has 3 heterocycles. The van der Waals surface area contributed by atoms with Gasteiger partial charge in [-0.05, 0) is 36.0 Å². The van der Waals surface area contributed by atoms with Crippen LogP contribution < -0.4 is 16.8 Å². The van der Waals surface area contributed by atoms with Crippen LogP contribution in [0.4, 0.5) is 4.39 Å². The van der Waals surface area contributed by atoms with Crippen molar-refractivity contribution in [2.75, 3.05) is 5.88 Å². The van der Waals surface area contributed by atoms with Crippen LogP contribution >= 0.6 is 23.4 Å². The van der Waals surface area contributed by atoms with Crippen LogP contribution in [-0.2, 0) is 4.79 Å². The van der Waals surface area contributed by atoms with Crippen LogP contribution in [0.1, 0.15) is 0 Å². The second-order valence-electron chi connectivity index (χ2n) is 5.93. The minimum atomic E-state index is -0.802. The molecule has 0 saturated heterocycles. The monoisotopic (exact) mass is 448 g/mol. The molecule has 0 unspecified atom stereocenters. The van der Waals surface area contributed by atoms with E-state index in [1.54, 1.807) is 0 Å². The zero-order chi connectivity index (χ0) is 21.4. The zero-order valence-electron chi connectivity index (χ0n) is 14.7. The summed E-state index contributed by atoms with van der Waals surface area (Å²) in [6.07, 6.45) is 0. The van der Waals surface area contributed by atoms with Crippen LogP contribution in [-0.4, -0.2) is 40.7 Å². The Bertz CT molecular complexity index is 1450. The SMILES string of the molecule is O=C(CCl)Sc1nnc(-c2cc(=O)[nH]c3[nH]c(=O)[nH]c(=O)c23)n1-c1ccc(F)cc1. The van der Waals surface area contributed by atoms with Crippen molar-refractivity contribution in [3.63, 3.8) is 0 Å². The number of aromatic amines is 3. The van der Waals surface area contributed by atoms with E-state index in [-0.39, 0.29) is 33.5 Å². The standard InChI is InChI=1S/C17H10ClFN6O4S/c18-6-11(27)30-17-24-23-14(25(17)8-3-1-7(19)2-4-8)9-5-10(26)20-13-12(9)15(28)22-16(29)21-13/h1-5H,6H2,(H3,20,21,22,26,28,29). The highest BCUT2D eigenvalue weighted by Gasteiger charge is 2.22. The first-order valence-corrected chi connectivity index (χ1v) is 9.60. The number of thioether (sulfide) groups is 1. The molecule has 10 nitrogen and oxygen atoms in total. The van der Waals surface area contributed by atoms with E-state index < -0.39 is 27.7 Å². The molecule has 4 rings (SSSR count). The van der Waals surface area contributed by atoms with Gasteiger partial charge in [0.25, 0.3) is 5.56 Å². The van der Waals surface area contributed by atoms with Crippen LogP contribution in [0.3, 0.4) is 0 Å². The molecule has 0 radical (unpaired) electrons. The second-order valence-corrected chi connectivity index (χ2v) is 7.22. The lowest BCUT2D eigenvalue weighted by Gasteiger charge is -2.11. The Morgan fingerprint density at radius 1 is 1.10 bits per heavy atom. The van der Waals surface area contributed by atoms with E-state index in [0.717, 1.165) is 6.07 Å². The number of alkyl halides is 1. The van der Waals surface area contributed by atoms with Crippen molar-refractivity contribution in [1.29, 1.82) is 0 Å². The summed E-state index contributed by atoms with van der Waals surface area (Å²) in [6.45, 7) is 0. The van der Waals surface area contributed by atoms with Gasteiger partial charge in [0.15, 0.2) is 5.82 Å². The number of carbonyl (C=O) groups is 1. The number of nitrogens with zero attached hydrogens (tertiary/aromatic N) is 3. The van der Waals surface area contributed by atoms with E-state index in [1.807, 2.05) is 0 Å². The Hall–Kier alpha value is -3.51. The number of rotatable bonds is 4. The number of benzene rings is 1. The first-order chi connectivity index (χ1) is 14.4. The van der Waals surface area contributed by atoms with E-state index in [9.17, 15) is 23.6 Å². The summed E-state index contributed by atoms with van der Waals surface area (Å²) < 4.78 is 14.8. The fraction of sp³-hybridized carbons (Fsp3) is 0.0588. The molecule has 152 valence electrons. The summed E-state index contributed by atoms with van der Waals surface area (Å²) in [5, 5.41) is 7.63. The third kappa shape index (κ3) is 3.57. The second kappa shape index (κ2) is 7.72. The third-order valence-electron chi connectivity index (χ3n) is 4.01. The van der Waals surface area contributed by atoms with E-state index in [0.29, 0.717) is 17.4 Å². The van der Waals surface area contributed by atoms with Crippen molar-refractivity contribution < 1.29 is 9.18 Å². The van der Waals surface area contributed by atoms with Gasteiger partial charge in [-0.25, -0.2) is 9.18 Å². The van der Waals surface area contributed by atoms with Crippen LogP contribution in [0.2, 0.25) is 0 Å². The molecule has 1 aromatic carbocycles. The molecule has 3 N–H and O–H groups in total. The molecular formula is C17H10ClFN6O4S. The Kier molecular flexibility index (Phi) is 5.10. The highest BCUT2D eigenvalue weighted by atomic mass is 35.5. The quantitative estimate of drug-likeness (QED) is 0.313. The Balaban J connectivity index is 2.06. The number of H-pyrrole nitrogens is 3. The summed E-state index contributed by atoms with van der Waals surface area (Å²) in [7, 11) is 0. The molecule has 0 amide bonds. The number of aromatic nitrogens is 6. The fourth-order valence-corrected chi connectivity index (χ4v) is 3.63. The minimum Gasteiger partial charge on any atom is -0.308 e. The van der Waals surface area contributed by atoms with Crippen molar-refractivity contribution in [3.8, 4) is 17.1 Å². The van der Waals surface area contributed by atoms with E-state index >= 15 is 0 Å². The number of hydrogen-bond donors (Lipinski definition) is 3. The van der Waals surface area contributed by atoms with Crippen molar-refractivity contribution in [3.05, 3.63) is 67.3 Å².